The molecule has 1 aliphatic rings. The summed E-state index contributed by atoms with van der Waals surface area (Å²) in [6, 6.07) is 8.29. The van der Waals surface area contributed by atoms with Gasteiger partial charge in [-0.1, -0.05) is 0 Å². The SMILES string of the molecule is CB1C=c2oc3ncccc3c2=CN1c1ccc(C)c[n+]1C. The second-order valence-electron chi connectivity index (χ2n) is 5.86. The number of rotatable bonds is 1. The Morgan fingerprint density at radius 2 is 2.14 bits per heavy atom. The monoisotopic (exact) mass is 290 g/mol. The average molecular weight is 290 g/mol. The molecule has 0 atom stereocenters. The number of pyridine rings is 2. The van der Waals surface area contributed by atoms with Crippen molar-refractivity contribution in [3.05, 3.63) is 52.9 Å². The lowest BCUT2D eigenvalue weighted by atomic mass is 9.62. The highest BCUT2D eigenvalue weighted by Crippen LogP contribution is 2.15. The fourth-order valence-corrected chi connectivity index (χ4v) is 3.06. The molecule has 0 aliphatic carbocycles. The Kier molecular flexibility index (Phi) is 2.82. The van der Waals surface area contributed by atoms with Gasteiger partial charge in [-0.15, -0.1) is 0 Å². The molecule has 0 bridgehead atoms. The maximum atomic E-state index is 5.86. The molecule has 0 radical (unpaired) electrons. The van der Waals surface area contributed by atoms with Crippen LogP contribution in [0.15, 0.2) is 41.1 Å². The third-order valence-corrected chi connectivity index (χ3v) is 4.15. The third-order valence-electron chi connectivity index (χ3n) is 4.15. The largest absolute Gasteiger partial charge is 0.439 e. The Labute approximate surface area is 129 Å². The molecule has 0 N–H and O–H groups in total. The Hall–Kier alpha value is -2.56. The van der Waals surface area contributed by atoms with Gasteiger partial charge in [-0.2, -0.15) is 0 Å². The van der Waals surface area contributed by atoms with Crippen molar-refractivity contribution in [2.75, 3.05) is 4.81 Å². The molecule has 4 rings (SSSR count). The zero-order chi connectivity index (χ0) is 15.3. The van der Waals surface area contributed by atoms with Crippen LogP contribution in [0.3, 0.4) is 0 Å². The number of hydrogen-bond donors (Lipinski definition) is 0. The summed E-state index contributed by atoms with van der Waals surface area (Å²) < 4.78 is 8.02. The summed E-state index contributed by atoms with van der Waals surface area (Å²) in [4.78, 5) is 6.58. The molecule has 0 spiro atoms. The standard InChI is InChI=1S/C17H17BN3O/c1-12-6-7-16(20(3)10-12)21-11-14-13-5-4-8-19-17(13)22-15(14)9-18(21)2/h4-11H,1-3H3/q+1. The minimum atomic E-state index is 0.224. The Morgan fingerprint density at radius 1 is 1.27 bits per heavy atom. The van der Waals surface area contributed by atoms with Crippen LogP contribution < -0.4 is 20.0 Å². The number of hydrogen-bond acceptors (Lipinski definition) is 3. The molecule has 0 saturated carbocycles. The smallest absolute Gasteiger partial charge is 0.405 e. The molecule has 0 amide bonds. The van der Waals surface area contributed by atoms with Gasteiger partial charge in [0, 0.05) is 12.3 Å². The lowest BCUT2D eigenvalue weighted by Crippen LogP contribution is -2.47. The molecule has 108 valence electrons. The number of furan rings is 1. The van der Waals surface area contributed by atoms with Crippen LogP contribution in [0, 0.1) is 6.92 Å². The fraction of sp³-hybridized carbons (Fsp3) is 0.176. The van der Waals surface area contributed by atoms with Gasteiger partial charge in [-0.25, -0.2) is 9.55 Å². The second kappa shape index (κ2) is 4.73. The van der Waals surface area contributed by atoms with Gasteiger partial charge in [0.15, 0.2) is 0 Å². The predicted octanol–water partition coefficient (Wildman–Crippen LogP) is 1.16. The lowest BCUT2D eigenvalue weighted by Gasteiger charge is -2.18. The molecular formula is C17H17BN3O+. The van der Waals surface area contributed by atoms with E-state index in [1.807, 2.05) is 6.07 Å². The number of anilines is 1. The maximum absolute atomic E-state index is 5.86. The van der Waals surface area contributed by atoms with Crippen LogP contribution in [0.4, 0.5) is 5.82 Å². The molecule has 0 saturated heterocycles. The molecule has 0 unspecified atom stereocenters. The molecule has 1 aliphatic heterocycles. The Bertz CT molecular complexity index is 993. The summed E-state index contributed by atoms with van der Waals surface area (Å²) in [7, 11) is 2.08. The first kappa shape index (κ1) is 13.1. The highest BCUT2D eigenvalue weighted by molar-refractivity contribution is 6.76. The van der Waals surface area contributed by atoms with E-state index < -0.39 is 0 Å². The summed E-state index contributed by atoms with van der Waals surface area (Å²) in [6.45, 7) is 4.49. The van der Waals surface area contributed by atoms with Crippen molar-refractivity contribution in [1.82, 2.24) is 4.98 Å². The Balaban J connectivity index is 1.96. The van der Waals surface area contributed by atoms with E-state index in [9.17, 15) is 0 Å². The third kappa shape index (κ3) is 1.93. The number of fused-ring (bicyclic) bond motifs is 3. The van der Waals surface area contributed by atoms with E-state index in [2.05, 4.69) is 71.7 Å². The van der Waals surface area contributed by atoms with Crippen LogP contribution in [-0.2, 0) is 7.05 Å². The molecule has 0 aromatic carbocycles. The van der Waals surface area contributed by atoms with E-state index >= 15 is 0 Å². The molecule has 3 aromatic heterocycles. The van der Waals surface area contributed by atoms with Crippen LogP contribution in [0.25, 0.3) is 23.3 Å². The molecular weight excluding hydrogens is 273 g/mol. The first-order valence-electron chi connectivity index (χ1n) is 7.45. The van der Waals surface area contributed by atoms with Gasteiger partial charge in [0.1, 0.15) is 5.42 Å². The van der Waals surface area contributed by atoms with Gasteiger partial charge in [0.25, 0.3) is 5.82 Å². The molecule has 4 nitrogen and oxygen atoms in total. The van der Waals surface area contributed by atoms with Crippen molar-refractivity contribution in [1.29, 1.82) is 0 Å². The topological polar surface area (TPSA) is 33.2 Å². The summed E-state index contributed by atoms with van der Waals surface area (Å²) in [5.41, 5.74) is 2.85. The van der Waals surface area contributed by atoms with E-state index in [0.717, 1.165) is 21.8 Å². The summed E-state index contributed by atoms with van der Waals surface area (Å²) in [5.74, 6) is 3.30. The van der Waals surface area contributed by atoms with Crippen LogP contribution >= 0.6 is 0 Å². The van der Waals surface area contributed by atoms with Gasteiger partial charge in [-0.05, 0) is 43.5 Å². The van der Waals surface area contributed by atoms with Crippen molar-refractivity contribution in [3.63, 3.8) is 0 Å². The number of aryl methyl sites for hydroxylation is 2. The second-order valence-corrected chi connectivity index (χ2v) is 5.86. The molecule has 4 heterocycles. The molecule has 3 aromatic rings. The zero-order valence-corrected chi connectivity index (χ0v) is 12.9. The average Bonchev–Trinajstić information content (AvgIpc) is 2.84. The Morgan fingerprint density at radius 3 is 2.95 bits per heavy atom. The minimum Gasteiger partial charge on any atom is -0.439 e. The van der Waals surface area contributed by atoms with Gasteiger partial charge < -0.3 is 4.42 Å². The number of nitrogens with zero attached hydrogens (tertiary/aromatic N) is 3. The van der Waals surface area contributed by atoms with E-state index in [1.54, 1.807) is 6.20 Å². The van der Waals surface area contributed by atoms with Crippen LogP contribution in [0.1, 0.15) is 5.56 Å². The molecule has 0 fully saturated rings. The highest BCUT2D eigenvalue weighted by Gasteiger charge is 2.29. The van der Waals surface area contributed by atoms with E-state index in [1.165, 1.54) is 5.56 Å². The van der Waals surface area contributed by atoms with E-state index in [-0.39, 0.29) is 6.85 Å². The van der Waals surface area contributed by atoms with Crippen molar-refractivity contribution < 1.29 is 8.98 Å². The first-order chi connectivity index (χ1) is 10.6. The van der Waals surface area contributed by atoms with Gasteiger partial charge in [0.05, 0.1) is 30.0 Å². The summed E-state index contributed by atoms with van der Waals surface area (Å²) in [6.07, 6.45) is 6.07. The normalized spacial score (nSPS) is 13.8. The predicted molar refractivity (Wildman–Crippen MR) is 88.6 cm³/mol. The highest BCUT2D eigenvalue weighted by atomic mass is 16.3. The maximum Gasteiger partial charge on any atom is 0.405 e. The fourth-order valence-electron chi connectivity index (χ4n) is 3.06. The summed E-state index contributed by atoms with van der Waals surface area (Å²) >= 11 is 0. The van der Waals surface area contributed by atoms with E-state index in [4.69, 9.17) is 4.42 Å². The summed E-state index contributed by atoms with van der Waals surface area (Å²) in [5, 5.41) is 2.15. The van der Waals surface area contributed by atoms with E-state index in [0.29, 0.717) is 5.71 Å². The van der Waals surface area contributed by atoms with Crippen molar-refractivity contribution in [2.24, 2.45) is 7.05 Å². The minimum absolute atomic E-state index is 0.224. The number of aromatic nitrogens is 2. The van der Waals surface area contributed by atoms with Crippen molar-refractivity contribution >= 4 is 35.9 Å². The zero-order valence-electron chi connectivity index (χ0n) is 12.9. The van der Waals surface area contributed by atoms with Gasteiger partial charge in [-0.3, -0.25) is 4.81 Å². The molecule has 5 heteroatoms. The van der Waals surface area contributed by atoms with Gasteiger partial charge >= 0.3 is 6.85 Å². The van der Waals surface area contributed by atoms with Gasteiger partial charge in [0.2, 0.25) is 5.71 Å². The first-order valence-corrected chi connectivity index (χ1v) is 7.45. The lowest BCUT2D eigenvalue weighted by molar-refractivity contribution is -0.658. The van der Waals surface area contributed by atoms with Crippen molar-refractivity contribution in [2.45, 2.75) is 13.7 Å². The molecule has 22 heavy (non-hydrogen) atoms. The van der Waals surface area contributed by atoms with Crippen LogP contribution in [-0.4, -0.2) is 11.8 Å². The van der Waals surface area contributed by atoms with Crippen LogP contribution in [0.2, 0.25) is 6.82 Å². The van der Waals surface area contributed by atoms with Crippen LogP contribution in [0.5, 0.6) is 0 Å². The van der Waals surface area contributed by atoms with Crippen molar-refractivity contribution in [3.8, 4) is 0 Å². The quantitative estimate of drug-likeness (QED) is 0.498.